The van der Waals surface area contributed by atoms with Gasteiger partial charge in [0.15, 0.2) is 11.5 Å². The number of ether oxygens (including phenoxy) is 2. The van der Waals surface area contributed by atoms with Crippen molar-refractivity contribution in [2.45, 2.75) is 20.8 Å². The highest BCUT2D eigenvalue weighted by Crippen LogP contribution is 2.33. The number of hydrogen-bond donors (Lipinski definition) is 2. The van der Waals surface area contributed by atoms with Gasteiger partial charge in [-0.2, -0.15) is 0 Å². The zero-order valence-corrected chi connectivity index (χ0v) is 16.7. The Morgan fingerprint density at radius 1 is 0.931 bits per heavy atom. The Labute approximate surface area is 169 Å². The minimum Gasteiger partial charge on any atom is -0.486 e. The van der Waals surface area contributed by atoms with Crippen LogP contribution in [0.1, 0.15) is 27.0 Å². The molecule has 0 saturated heterocycles. The third-order valence-corrected chi connectivity index (χ3v) is 4.76. The first-order chi connectivity index (χ1) is 14.0. The van der Waals surface area contributed by atoms with E-state index in [9.17, 15) is 4.79 Å². The molecule has 6 nitrogen and oxygen atoms in total. The molecule has 3 aromatic rings. The van der Waals surface area contributed by atoms with Gasteiger partial charge in [-0.25, -0.2) is 4.98 Å². The van der Waals surface area contributed by atoms with Gasteiger partial charge in [-0.3, -0.25) is 4.79 Å². The molecule has 6 heteroatoms. The Balaban J connectivity index is 1.46. The molecule has 1 aliphatic heterocycles. The summed E-state index contributed by atoms with van der Waals surface area (Å²) in [7, 11) is 0. The van der Waals surface area contributed by atoms with Crippen molar-refractivity contribution in [2.75, 3.05) is 23.8 Å². The summed E-state index contributed by atoms with van der Waals surface area (Å²) in [5.74, 6) is 1.91. The molecule has 1 aromatic heterocycles. The van der Waals surface area contributed by atoms with Crippen LogP contribution in [0.5, 0.6) is 11.5 Å². The van der Waals surface area contributed by atoms with Gasteiger partial charge in [0.1, 0.15) is 19.0 Å². The van der Waals surface area contributed by atoms with Gasteiger partial charge in [0, 0.05) is 23.6 Å². The molecule has 0 spiro atoms. The SMILES string of the molecule is Cc1cc(C)c(NC(=O)c2ccc(Nc3ccc4c(c3)OCCO4)nc2)c(C)c1. The van der Waals surface area contributed by atoms with E-state index >= 15 is 0 Å². The number of hydrogen-bond acceptors (Lipinski definition) is 5. The molecule has 0 fully saturated rings. The Kier molecular flexibility index (Phi) is 5.08. The number of amides is 1. The Morgan fingerprint density at radius 3 is 2.34 bits per heavy atom. The number of aromatic nitrogens is 1. The van der Waals surface area contributed by atoms with E-state index in [-0.39, 0.29) is 5.91 Å². The summed E-state index contributed by atoms with van der Waals surface area (Å²) in [5, 5.41) is 6.21. The van der Waals surface area contributed by atoms with E-state index < -0.39 is 0 Å². The minimum absolute atomic E-state index is 0.182. The predicted molar refractivity (Wildman–Crippen MR) is 114 cm³/mol. The van der Waals surface area contributed by atoms with Crippen molar-refractivity contribution in [2.24, 2.45) is 0 Å². The fourth-order valence-electron chi connectivity index (χ4n) is 3.43. The first kappa shape index (κ1) is 18.8. The minimum atomic E-state index is -0.182. The Bertz CT molecular complexity index is 1040. The fourth-order valence-corrected chi connectivity index (χ4v) is 3.43. The second-order valence-electron chi connectivity index (χ2n) is 7.14. The molecule has 148 valence electrons. The summed E-state index contributed by atoms with van der Waals surface area (Å²) in [5.41, 5.74) is 5.44. The highest BCUT2D eigenvalue weighted by Gasteiger charge is 2.13. The molecule has 0 unspecified atom stereocenters. The van der Waals surface area contributed by atoms with Crippen molar-refractivity contribution in [3.05, 3.63) is 70.9 Å². The summed E-state index contributed by atoms with van der Waals surface area (Å²) in [4.78, 5) is 17.0. The van der Waals surface area contributed by atoms with Crippen LogP contribution in [-0.4, -0.2) is 24.1 Å². The molecular formula is C23H23N3O3. The molecule has 0 saturated carbocycles. The highest BCUT2D eigenvalue weighted by atomic mass is 16.6. The third-order valence-electron chi connectivity index (χ3n) is 4.76. The number of pyridine rings is 1. The standard InChI is InChI=1S/C23H23N3O3/c1-14-10-15(2)22(16(3)11-14)26-23(27)17-4-7-21(24-13-17)25-18-5-6-19-20(12-18)29-9-8-28-19/h4-7,10-13H,8-9H2,1-3H3,(H,24,25)(H,26,27). The van der Waals surface area contributed by atoms with Crippen LogP contribution in [0.2, 0.25) is 0 Å². The lowest BCUT2D eigenvalue weighted by molar-refractivity contribution is 0.102. The van der Waals surface area contributed by atoms with E-state index in [0.29, 0.717) is 30.3 Å². The normalized spacial score (nSPS) is 12.4. The van der Waals surface area contributed by atoms with Gasteiger partial charge in [0.25, 0.3) is 5.91 Å². The Morgan fingerprint density at radius 2 is 1.66 bits per heavy atom. The maximum absolute atomic E-state index is 12.6. The molecule has 1 aliphatic rings. The third kappa shape index (κ3) is 4.16. The van der Waals surface area contributed by atoms with Gasteiger partial charge in [-0.1, -0.05) is 17.7 Å². The van der Waals surface area contributed by atoms with E-state index in [4.69, 9.17) is 9.47 Å². The predicted octanol–water partition coefficient (Wildman–Crippen LogP) is 4.77. The second-order valence-corrected chi connectivity index (χ2v) is 7.14. The van der Waals surface area contributed by atoms with Crippen molar-refractivity contribution in [3.8, 4) is 11.5 Å². The second kappa shape index (κ2) is 7.83. The van der Waals surface area contributed by atoms with Crippen LogP contribution in [0.15, 0.2) is 48.7 Å². The molecule has 0 radical (unpaired) electrons. The maximum Gasteiger partial charge on any atom is 0.257 e. The molecule has 0 bridgehead atoms. The number of anilines is 3. The average Bonchev–Trinajstić information content (AvgIpc) is 2.71. The van der Waals surface area contributed by atoms with Gasteiger partial charge < -0.3 is 20.1 Å². The molecule has 2 heterocycles. The number of carbonyl (C=O) groups is 1. The van der Waals surface area contributed by atoms with Crippen LogP contribution < -0.4 is 20.1 Å². The molecule has 1 amide bonds. The Hall–Kier alpha value is -3.54. The lowest BCUT2D eigenvalue weighted by Crippen LogP contribution is -2.15. The van der Waals surface area contributed by atoms with E-state index in [1.165, 1.54) is 5.56 Å². The number of benzene rings is 2. The van der Waals surface area contributed by atoms with Gasteiger partial charge in [-0.15, -0.1) is 0 Å². The van der Waals surface area contributed by atoms with Crippen molar-refractivity contribution in [1.82, 2.24) is 4.98 Å². The van der Waals surface area contributed by atoms with Gasteiger partial charge in [0.05, 0.1) is 5.56 Å². The molecule has 2 aromatic carbocycles. The highest BCUT2D eigenvalue weighted by molar-refractivity contribution is 6.05. The zero-order valence-electron chi connectivity index (χ0n) is 16.7. The van der Waals surface area contributed by atoms with Crippen molar-refractivity contribution >= 4 is 23.1 Å². The lowest BCUT2D eigenvalue weighted by atomic mass is 10.0. The number of fused-ring (bicyclic) bond motifs is 1. The van der Waals surface area contributed by atoms with Crippen LogP contribution in [0.25, 0.3) is 0 Å². The summed E-state index contributed by atoms with van der Waals surface area (Å²) in [6.07, 6.45) is 1.56. The van der Waals surface area contributed by atoms with Crippen LogP contribution >= 0.6 is 0 Å². The smallest absolute Gasteiger partial charge is 0.257 e. The fraction of sp³-hybridized carbons (Fsp3) is 0.217. The average molecular weight is 389 g/mol. The van der Waals surface area contributed by atoms with E-state index in [1.807, 2.05) is 39.0 Å². The van der Waals surface area contributed by atoms with E-state index in [1.54, 1.807) is 18.3 Å². The van der Waals surface area contributed by atoms with Crippen molar-refractivity contribution < 1.29 is 14.3 Å². The van der Waals surface area contributed by atoms with E-state index in [0.717, 1.165) is 28.3 Å². The molecule has 4 rings (SSSR count). The largest absolute Gasteiger partial charge is 0.486 e. The zero-order chi connectivity index (χ0) is 20.4. The van der Waals surface area contributed by atoms with Crippen molar-refractivity contribution in [3.63, 3.8) is 0 Å². The van der Waals surface area contributed by atoms with Gasteiger partial charge >= 0.3 is 0 Å². The molecule has 29 heavy (non-hydrogen) atoms. The quantitative estimate of drug-likeness (QED) is 0.672. The molecule has 0 aliphatic carbocycles. The van der Waals surface area contributed by atoms with Crippen LogP contribution in [0, 0.1) is 20.8 Å². The first-order valence-electron chi connectivity index (χ1n) is 9.51. The number of carbonyl (C=O) groups excluding carboxylic acids is 1. The summed E-state index contributed by atoms with van der Waals surface area (Å²) >= 11 is 0. The van der Waals surface area contributed by atoms with Gasteiger partial charge in [-0.05, 0) is 56.2 Å². The number of nitrogens with zero attached hydrogens (tertiary/aromatic N) is 1. The van der Waals surface area contributed by atoms with Crippen LogP contribution in [0.3, 0.4) is 0 Å². The summed E-state index contributed by atoms with van der Waals surface area (Å²) in [6.45, 7) is 7.14. The van der Waals surface area contributed by atoms with Crippen LogP contribution in [-0.2, 0) is 0 Å². The topological polar surface area (TPSA) is 72.5 Å². The van der Waals surface area contributed by atoms with Crippen LogP contribution in [0.4, 0.5) is 17.2 Å². The molecule has 0 atom stereocenters. The van der Waals surface area contributed by atoms with E-state index in [2.05, 4.69) is 27.8 Å². The number of aryl methyl sites for hydroxylation is 3. The first-order valence-corrected chi connectivity index (χ1v) is 9.51. The molecule has 2 N–H and O–H groups in total. The summed E-state index contributed by atoms with van der Waals surface area (Å²) < 4.78 is 11.1. The number of rotatable bonds is 4. The summed E-state index contributed by atoms with van der Waals surface area (Å²) in [6, 6.07) is 13.3. The number of nitrogens with one attached hydrogen (secondary N) is 2. The maximum atomic E-state index is 12.6. The monoisotopic (exact) mass is 389 g/mol. The molecular weight excluding hydrogens is 366 g/mol. The van der Waals surface area contributed by atoms with Gasteiger partial charge in [0.2, 0.25) is 0 Å². The lowest BCUT2D eigenvalue weighted by Gasteiger charge is -2.19. The van der Waals surface area contributed by atoms with Crippen molar-refractivity contribution in [1.29, 1.82) is 0 Å².